The molecule has 1 aliphatic heterocycles. The van der Waals surface area contributed by atoms with Crippen LogP contribution in [0.5, 0.6) is 0 Å². The number of nitrogens with zero attached hydrogens (tertiary/aromatic N) is 3. The Balaban J connectivity index is 1.48. The number of hydrogen-bond acceptors (Lipinski definition) is 3. The van der Waals surface area contributed by atoms with Gasteiger partial charge in [0.2, 0.25) is 0 Å². The van der Waals surface area contributed by atoms with E-state index in [-0.39, 0.29) is 5.91 Å². The fraction of sp³-hybridized carbons (Fsp3) is 0.381. The molecule has 4 rings (SSSR count). The highest BCUT2D eigenvalue weighted by Gasteiger charge is 2.31. The average Bonchev–Trinajstić information content (AvgIpc) is 3.30. The first-order valence-corrected chi connectivity index (χ1v) is 9.66. The molecule has 0 spiro atoms. The van der Waals surface area contributed by atoms with E-state index in [0.29, 0.717) is 49.7 Å². The van der Waals surface area contributed by atoms with Crippen LogP contribution in [-0.2, 0) is 12.7 Å². The summed E-state index contributed by atoms with van der Waals surface area (Å²) in [7, 11) is 0. The Labute approximate surface area is 166 Å². The van der Waals surface area contributed by atoms with Crippen molar-refractivity contribution in [3.8, 4) is 0 Å². The number of piperazine rings is 1. The van der Waals surface area contributed by atoms with Crippen molar-refractivity contribution in [2.75, 3.05) is 31.1 Å². The van der Waals surface area contributed by atoms with Gasteiger partial charge < -0.3 is 18.8 Å². The summed E-state index contributed by atoms with van der Waals surface area (Å²) in [6.45, 7) is 4.64. The van der Waals surface area contributed by atoms with E-state index in [4.69, 9.17) is 4.42 Å². The van der Waals surface area contributed by atoms with Gasteiger partial charge in [0.1, 0.15) is 5.69 Å². The summed E-state index contributed by atoms with van der Waals surface area (Å²) in [6, 6.07) is 8.95. The zero-order valence-corrected chi connectivity index (χ0v) is 16.1. The van der Waals surface area contributed by atoms with Crippen LogP contribution in [-0.4, -0.2) is 41.6 Å². The van der Waals surface area contributed by atoms with Crippen molar-refractivity contribution >= 4 is 22.7 Å². The third-order valence-electron chi connectivity index (χ3n) is 5.29. The van der Waals surface area contributed by atoms with Crippen LogP contribution in [0.1, 0.15) is 29.4 Å². The molecule has 3 heterocycles. The molecule has 1 amide bonds. The molecular weight excluding hydrogens is 383 g/mol. The molecule has 1 aromatic carbocycles. The van der Waals surface area contributed by atoms with Gasteiger partial charge in [0.05, 0.1) is 17.3 Å². The van der Waals surface area contributed by atoms with Crippen molar-refractivity contribution in [3.63, 3.8) is 0 Å². The first-order valence-electron chi connectivity index (χ1n) is 9.66. The van der Waals surface area contributed by atoms with E-state index in [2.05, 4.69) is 0 Å². The first kappa shape index (κ1) is 19.4. The molecule has 29 heavy (non-hydrogen) atoms. The summed E-state index contributed by atoms with van der Waals surface area (Å²) in [4.78, 5) is 16.7. The zero-order valence-electron chi connectivity index (χ0n) is 16.1. The monoisotopic (exact) mass is 405 g/mol. The second-order valence-electron chi connectivity index (χ2n) is 7.18. The third-order valence-corrected chi connectivity index (χ3v) is 5.29. The maximum absolute atomic E-state index is 13.1. The lowest BCUT2D eigenvalue weighted by Gasteiger charge is -2.36. The number of fused-ring (bicyclic) bond motifs is 1. The van der Waals surface area contributed by atoms with Gasteiger partial charge in [-0.25, -0.2) is 0 Å². The van der Waals surface area contributed by atoms with Crippen molar-refractivity contribution < 1.29 is 22.4 Å². The first-order chi connectivity index (χ1) is 13.9. The van der Waals surface area contributed by atoms with Gasteiger partial charge >= 0.3 is 6.18 Å². The number of furan rings is 1. The summed E-state index contributed by atoms with van der Waals surface area (Å²) >= 11 is 0. The normalized spacial score (nSPS) is 15.3. The number of alkyl halides is 3. The third kappa shape index (κ3) is 3.71. The largest absolute Gasteiger partial charge is 0.463 e. The van der Waals surface area contributed by atoms with Crippen LogP contribution in [0.4, 0.5) is 18.9 Å². The van der Waals surface area contributed by atoms with E-state index in [1.807, 2.05) is 22.5 Å². The van der Waals surface area contributed by atoms with Crippen molar-refractivity contribution in [3.05, 3.63) is 53.9 Å². The Kier molecular flexibility index (Phi) is 5.02. The lowest BCUT2D eigenvalue weighted by Crippen LogP contribution is -2.49. The molecule has 1 fully saturated rings. The summed E-state index contributed by atoms with van der Waals surface area (Å²) < 4.78 is 46.3. The van der Waals surface area contributed by atoms with Gasteiger partial charge in [-0.1, -0.05) is 13.0 Å². The fourth-order valence-corrected chi connectivity index (χ4v) is 3.83. The minimum atomic E-state index is -4.37. The number of benzene rings is 1. The Morgan fingerprint density at radius 1 is 1.10 bits per heavy atom. The number of rotatable bonds is 4. The maximum Gasteiger partial charge on any atom is 0.416 e. The van der Waals surface area contributed by atoms with Crippen LogP contribution in [0.15, 0.2) is 47.1 Å². The lowest BCUT2D eigenvalue weighted by atomic mass is 10.1. The Hall–Kier alpha value is -2.90. The molecule has 154 valence electrons. The van der Waals surface area contributed by atoms with Crippen LogP contribution in [0, 0.1) is 0 Å². The van der Waals surface area contributed by atoms with E-state index in [0.717, 1.165) is 24.1 Å². The molecule has 2 aromatic heterocycles. The second kappa shape index (κ2) is 7.50. The smallest absolute Gasteiger partial charge is 0.416 e. The van der Waals surface area contributed by atoms with Crippen molar-refractivity contribution in [1.82, 2.24) is 9.47 Å². The highest BCUT2D eigenvalue weighted by Crippen LogP contribution is 2.32. The van der Waals surface area contributed by atoms with Crippen LogP contribution in [0.25, 0.3) is 11.1 Å². The number of anilines is 1. The van der Waals surface area contributed by atoms with Crippen LogP contribution in [0.3, 0.4) is 0 Å². The number of carbonyl (C=O) groups excluding carboxylic acids is 1. The highest BCUT2D eigenvalue weighted by atomic mass is 19.4. The van der Waals surface area contributed by atoms with Gasteiger partial charge in [-0.3, -0.25) is 4.79 Å². The molecule has 5 nitrogen and oxygen atoms in total. The molecule has 8 heteroatoms. The molecule has 0 aliphatic carbocycles. The fourth-order valence-electron chi connectivity index (χ4n) is 3.83. The predicted molar refractivity (Wildman–Crippen MR) is 104 cm³/mol. The predicted octanol–water partition coefficient (Wildman–Crippen LogP) is 4.63. The van der Waals surface area contributed by atoms with E-state index >= 15 is 0 Å². The van der Waals surface area contributed by atoms with Crippen LogP contribution < -0.4 is 4.90 Å². The van der Waals surface area contributed by atoms with E-state index in [1.54, 1.807) is 23.3 Å². The standard InChI is InChI=1S/C21H22F3N3O2/c1-2-7-27-17-6-12-29-19(17)14-18(27)20(28)26-10-8-25(9-11-26)16-5-3-4-15(13-16)21(22,23)24/h3-6,12-14H,2,7-11H2,1H3. The Morgan fingerprint density at radius 2 is 1.86 bits per heavy atom. The number of halogens is 3. The SMILES string of the molecule is CCCn1c(C(=O)N2CCN(c3cccc(C(F)(F)F)c3)CC2)cc2occc21. The number of carbonyl (C=O) groups is 1. The Bertz CT molecular complexity index is 1010. The van der Waals surface area contributed by atoms with Gasteiger partial charge in [0.15, 0.2) is 5.58 Å². The van der Waals surface area contributed by atoms with Crippen LogP contribution in [0.2, 0.25) is 0 Å². The summed E-state index contributed by atoms with van der Waals surface area (Å²) in [6.07, 6.45) is -1.87. The quantitative estimate of drug-likeness (QED) is 0.636. The zero-order chi connectivity index (χ0) is 20.6. The van der Waals surface area contributed by atoms with E-state index < -0.39 is 11.7 Å². The van der Waals surface area contributed by atoms with Crippen molar-refractivity contribution in [2.45, 2.75) is 26.1 Å². The lowest BCUT2D eigenvalue weighted by molar-refractivity contribution is -0.137. The molecular formula is C21H22F3N3O2. The topological polar surface area (TPSA) is 41.6 Å². The van der Waals surface area contributed by atoms with Gasteiger partial charge in [0, 0.05) is 50.5 Å². The van der Waals surface area contributed by atoms with E-state index in [9.17, 15) is 18.0 Å². The van der Waals surface area contributed by atoms with Gasteiger partial charge in [-0.05, 0) is 24.6 Å². The molecule has 0 N–H and O–H groups in total. The molecule has 3 aromatic rings. The number of aromatic nitrogens is 1. The molecule has 1 saturated heterocycles. The van der Waals surface area contributed by atoms with Gasteiger partial charge in [-0.2, -0.15) is 13.2 Å². The molecule has 0 unspecified atom stereocenters. The summed E-state index contributed by atoms with van der Waals surface area (Å²) in [5, 5.41) is 0. The second-order valence-corrected chi connectivity index (χ2v) is 7.18. The van der Waals surface area contributed by atoms with Crippen molar-refractivity contribution in [2.24, 2.45) is 0 Å². The van der Waals surface area contributed by atoms with Crippen molar-refractivity contribution in [1.29, 1.82) is 0 Å². The van der Waals surface area contributed by atoms with Gasteiger partial charge in [0.25, 0.3) is 5.91 Å². The molecule has 1 aliphatic rings. The summed E-state index contributed by atoms with van der Waals surface area (Å²) in [5.74, 6) is -0.0754. The Morgan fingerprint density at radius 3 is 2.55 bits per heavy atom. The van der Waals surface area contributed by atoms with Gasteiger partial charge in [-0.15, -0.1) is 0 Å². The van der Waals surface area contributed by atoms with E-state index in [1.165, 1.54) is 6.07 Å². The highest BCUT2D eigenvalue weighted by molar-refractivity contribution is 5.97. The maximum atomic E-state index is 13.1. The molecule has 0 saturated carbocycles. The molecule has 0 bridgehead atoms. The summed E-state index contributed by atoms with van der Waals surface area (Å²) in [5.41, 5.74) is 2.04. The molecule has 0 radical (unpaired) electrons. The van der Waals surface area contributed by atoms with Crippen LogP contribution >= 0.6 is 0 Å². The number of hydrogen-bond donors (Lipinski definition) is 0. The minimum absolute atomic E-state index is 0.0754. The minimum Gasteiger partial charge on any atom is -0.463 e. The molecule has 0 atom stereocenters. The average molecular weight is 405 g/mol. The number of amides is 1. The number of aryl methyl sites for hydroxylation is 1.